The van der Waals surface area contributed by atoms with E-state index >= 15 is 0 Å². The van der Waals surface area contributed by atoms with Gasteiger partial charge in [-0.1, -0.05) is 320 Å². The maximum atomic E-state index is 12.5. The van der Waals surface area contributed by atoms with Crippen molar-refractivity contribution in [2.24, 2.45) is 0 Å². The molecular weight excluding hydrogens is 935 g/mol. The summed E-state index contributed by atoms with van der Waals surface area (Å²) in [6, 6.07) is -0.541. The van der Waals surface area contributed by atoms with Gasteiger partial charge in [0.1, 0.15) is 0 Å². The second-order valence-corrected chi connectivity index (χ2v) is 23.5. The first kappa shape index (κ1) is 74.1. The molecule has 0 aliphatic heterocycles. The molecule has 0 saturated carbocycles. The summed E-state index contributed by atoms with van der Waals surface area (Å²) in [7, 11) is 0. The number of amides is 1. The Kier molecular flexibility index (Phi) is 63.9. The van der Waals surface area contributed by atoms with Crippen LogP contribution < -0.4 is 5.32 Å². The molecule has 6 heteroatoms. The summed E-state index contributed by atoms with van der Waals surface area (Å²) in [5.74, 6) is -0.0299. The summed E-state index contributed by atoms with van der Waals surface area (Å²) >= 11 is 0. The highest BCUT2D eigenvalue weighted by atomic mass is 16.5. The summed E-state index contributed by atoms with van der Waals surface area (Å²) in [5, 5.41) is 23.4. The molecule has 0 aromatic heterocycles. The summed E-state index contributed by atoms with van der Waals surface area (Å²) in [5.41, 5.74) is 0. The molecule has 0 heterocycles. The molecular formula is C70H133NO5. The van der Waals surface area contributed by atoms with E-state index < -0.39 is 12.1 Å². The van der Waals surface area contributed by atoms with Crippen LogP contribution in [0.15, 0.2) is 36.5 Å². The highest BCUT2D eigenvalue weighted by Crippen LogP contribution is 2.18. The van der Waals surface area contributed by atoms with Crippen LogP contribution in [0.2, 0.25) is 0 Å². The van der Waals surface area contributed by atoms with E-state index in [4.69, 9.17) is 4.74 Å². The second-order valence-electron chi connectivity index (χ2n) is 23.5. The Morgan fingerprint density at radius 2 is 0.684 bits per heavy atom. The molecule has 2 unspecified atom stereocenters. The Hall–Kier alpha value is -1.92. The minimum absolute atomic E-state index is 0.00133. The lowest BCUT2D eigenvalue weighted by Gasteiger charge is -2.22. The van der Waals surface area contributed by atoms with Crippen LogP contribution in [0.25, 0.3) is 0 Å². The molecule has 0 aromatic carbocycles. The van der Waals surface area contributed by atoms with Crippen molar-refractivity contribution < 1.29 is 24.5 Å². The highest BCUT2D eigenvalue weighted by molar-refractivity contribution is 5.76. The normalized spacial score (nSPS) is 12.7. The first-order chi connectivity index (χ1) is 37.5. The fourth-order valence-corrected chi connectivity index (χ4v) is 10.7. The van der Waals surface area contributed by atoms with Crippen LogP contribution in [0.5, 0.6) is 0 Å². The molecule has 0 aliphatic carbocycles. The number of carbonyl (C=O) groups excluding carboxylic acids is 2. The van der Waals surface area contributed by atoms with Crippen LogP contribution >= 0.6 is 0 Å². The Morgan fingerprint density at radius 1 is 0.368 bits per heavy atom. The summed E-state index contributed by atoms with van der Waals surface area (Å²) in [4.78, 5) is 24.5. The second kappa shape index (κ2) is 65.6. The Morgan fingerprint density at radius 3 is 1.07 bits per heavy atom. The smallest absolute Gasteiger partial charge is 0.305 e. The molecule has 0 spiro atoms. The van der Waals surface area contributed by atoms with Crippen LogP contribution in [0, 0.1) is 0 Å². The predicted octanol–water partition coefficient (Wildman–Crippen LogP) is 21.9. The Balaban J connectivity index is 3.38. The van der Waals surface area contributed by atoms with Gasteiger partial charge in [0.05, 0.1) is 25.4 Å². The third kappa shape index (κ3) is 61.3. The number of allylic oxidation sites excluding steroid dienone is 6. The molecule has 0 bridgehead atoms. The molecule has 1 amide bonds. The maximum Gasteiger partial charge on any atom is 0.305 e. The molecule has 0 saturated heterocycles. The third-order valence-corrected chi connectivity index (χ3v) is 15.9. The minimum atomic E-state index is -0.664. The van der Waals surface area contributed by atoms with Gasteiger partial charge in [0.2, 0.25) is 5.91 Å². The Labute approximate surface area is 474 Å². The zero-order valence-corrected chi connectivity index (χ0v) is 51.3. The van der Waals surface area contributed by atoms with E-state index in [0.717, 1.165) is 51.4 Å². The average Bonchev–Trinajstić information content (AvgIpc) is 3.42. The molecule has 0 aliphatic rings. The van der Waals surface area contributed by atoms with Crippen molar-refractivity contribution in [3.63, 3.8) is 0 Å². The van der Waals surface area contributed by atoms with Gasteiger partial charge >= 0.3 is 5.97 Å². The summed E-state index contributed by atoms with van der Waals surface area (Å²) < 4.78 is 5.47. The number of carbonyl (C=O) groups is 2. The lowest BCUT2D eigenvalue weighted by atomic mass is 10.0. The minimum Gasteiger partial charge on any atom is -0.466 e. The van der Waals surface area contributed by atoms with Gasteiger partial charge in [0, 0.05) is 12.8 Å². The SMILES string of the molecule is CCC/C=C\C/C=C\CCCCCCCC(=O)OCCCCCCCCCCCCCC/C=C\CCCCCCCCCCCCCCCC(=O)NC(CO)C(O)CCCCCCCCCCCCCCCCCCC. The zero-order valence-electron chi connectivity index (χ0n) is 51.3. The lowest BCUT2D eigenvalue weighted by Crippen LogP contribution is -2.45. The number of nitrogens with one attached hydrogen (secondary N) is 1. The van der Waals surface area contributed by atoms with E-state index in [1.54, 1.807) is 0 Å². The molecule has 0 aromatic rings. The van der Waals surface area contributed by atoms with Gasteiger partial charge in [-0.2, -0.15) is 0 Å². The van der Waals surface area contributed by atoms with Gasteiger partial charge in [0.25, 0.3) is 0 Å². The van der Waals surface area contributed by atoms with Crippen LogP contribution in [-0.2, 0) is 14.3 Å². The monoisotopic (exact) mass is 1070 g/mol. The van der Waals surface area contributed by atoms with Gasteiger partial charge < -0.3 is 20.3 Å². The van der Waals surface area contributed by atoms with E-state index in [9.17, 15) is 19.8 Å². The number of unbranched alkanes of at least 4 members (excludes halogenated alkanes) is 47. The molecule has 3 N–H and O–H groups in total. The number of ether oxygens (including phenoxy) is 1. The largest absolute Gasteiger partial charge is 0.466 e. The van der Waals surface area contributed by atoms with Gasteiger partial charge in [-0.15, -0.1) is 0 Å². The van der Waals surface area contributed by atoms with Crippen molar-refractivity contribution in [2.75, 3.05) is 13.2 Å². The van der Waals surface area contributed by atoms with Crippen molar-refractivity contribution in [2.45, 2.75) is 386 Å². The summed E-state index contributed by atoms with van der Waals surface area (Å²) in [6.45, 7) is 4.91. The maximum absolute atomic E-state index is 12.5. The quantitative estimate of drug-likeness (QED) is 0.0320. The predicted molar refractivity (Wildman–Crippen MR) is 333 cm³/mol. The third-order valence-electron chi connectivity index (χ3n) is 15.9. The van der Waals surface area contributed by atoms with E-state index in [0.29, 0.717) is 25.9 Å². The average molecular weight is 1070 g/mol. The van der Waals surface area contributed by atoms with Gasteiger partial charge in [-0.25, -0.2) is 0 Å². The number of hydrogen-bond acceptors (Lipinski definition) is 5. The molecule has 76 heavy (non-hydrogen) atoms. The Bertz CT molecular complexity index is 1230. The van der Waals surface area contributed by atoms with Crippen molar-refractivity contribution in [3.8, 4) is 0 Å². The first-order valence-electron chi connectivity index (χ1n) is 34.2. The van der Waals surface area contributed by atoms with Gasteiger partial charge in [-0.3, -0.25) is 9.59 Å². The van der Waals surface area contributed by atoms with Crippen LogP contribution in [-0.4, -0.2) is 47.4 Å². The number of rotatable bonds is 64. The zero-order chi connectivity index (χ0) is 55.0. The van der Waals surface area contributed by atoms with Gasteiger partial charge in [0.15, 0.2) is 0 Å². The lowest BCUT2D eigenvalue weighted by molar-refractivity contribution is -0.143. The van der Waals surface area contributed by atoms with Crippen LogP contribution in [0.3, 0.4) is 0 Å². The van der Waals surface area contributed by atoms with E-state index in [2.05, 4.69) is 55.6 Å². The van der Waals surface area contributed by atoms with Crippen molar-refractivity contribution >= 4 is 11.9 Å². The highest BCUT2D eigenvalue weighted by Gasteiger charge is 2.20. The van der Waals surface area contributed by atoms with Crippen LogP contribution in [0.4, 0.5) is 0 Å². The van der Waals surface area contributed by atoms with Crippen LogP contribution in [0.1, 0.15) is 373 Å². The molecule has 448 valence electrons. The topological polar surface area (TPSA) is 95.9 Å². The number of aliphatic hydroxyl groups excluding tert-OH is 2. The molecule has 0 rings (SSSR count). The van der Waals surface area contributed by atoms with Crippen molar-refractivity contribution in [1.29, 1.82) is 0 Å². The number of aliphatic hydroxyl groups is 2. The molecule has 0 radical (unpaired) electrons. The van der Waals surface area contributed by atoms with E-state index in [1.807, 2.05) is 0 Å². The number of esters is 1. The molecule has 2 atom stereocenters. The van der Waals surface area contributed by atoms with E-state index in [-0.39, 0.29) is 18.5 Å². The fraction of sp³-hybridized carbons (Fsp3) is 0.886. The van der Waals surface area contributed by atoms with Crippen molar-refractivity contribution in [1.82, 2.24) is 5.32 Å². The summed E-state index contributed by atoms with van der Waals surface area (Å²) in [6.07, 6.45) is 83.3. The standard InChI is InChI=1S/C70H133NO5/c1-3-5-7-9-11-13-15-17-18-32-35-39-42-46-50-54-58-62-68(73)67(66-72)71-69(74)63-59-55-51-47-43-40-36-33-30-28-26-24-22-20-19-21-23-25-27-29-31-34-37-41-45-49-53-57-61-65-76-70(75)64-60-56-52-48-44-38-16-14-12-10-8-6-4-2/h8,10,14,16,19,21,67-68,72-73H,3-7,9,11-13,15,17-18,20,22-66H2,1-2H3,(H,71,74)/b10-8-,16-14-,21-19-. The molecule has 0 fully saturated rings. The molecule has 6 nitrogen and oxygen atoms in total. The first-order valence-corrected chi connectivity index (χ1v) is 34.2. The van der Waals surface area contributed by atoms with Crippen molar-refractivity contribution in [3.05, 3.63) is 36.5 Å². The van der Waals surface area contributed by atoms with Gasteiger partial charge in [-0.05, 0) is 77.0 Å². The van der Waals surface area contributed by atoms with E-state index in [1.165, 1.54) is 289 Å². The number of hydrogen-bond donors (Lipinski definition) is 3. The fourth-order valence-electron chi connectivity index (χ4n) is 10.7.